The largest absolute Gasteiger partial charge is 0.481 e. The fourth-order valence-corrected chi connectivity index (χ4v) is 2.09. The van der Waals surface area contributed by atoms with E-state index in [1.807, 2.05) is 31.2 Å². The number of carboxylic acid groups (broad SMARTS) is 1. The molecule has 19 heavy (non-hydrogen) atoms. The van der Waals surface area contributed by atoms with E-state index in [0.717, 1.165) is 11.1 Å². The first-order valence-corrected chi connectivity index (χ1v) is 6.19. The van der Waals surface area contributed by atoms with Gasteiger partial charge in [-0.3, -0.25) is 9.48 Å². The first-order valence-electron chi connectivity index (χ1n) is 6.19. The molecule has 0 amide bonds. The van der Waals surface area contributed by atoms with Crippen LogP contribution in [-0.2, 0) is 24.7 Å². The molecule has 0 bridgehead atoms. The summed E-state index contributed by atoms with van der Waals surface area (Å²) in [4.78, 5) is 11.4. The predicted octanol–water partition coefficient (Wildman–Crippen LogP) is 1.61. The lowest BCUT2D eigenvalue weighted by molar-refractivity contribution is -0.141. The Hall–Kier alpha value is -2.17. The quantitative estimate of drug-likeness (QED) is 0.885. The maximum absolute atomic E-state index is 11.4. The van der Waals surface area contributed by atoms with Crippen molar-refractivity contribution in [2.24, 2.45) is 13.0 Å². The topological polar surface area (TPSA) is 68.0 Å². The molecule has 1 atom stereocenters. The van der Waals surface area contributed by atoms with E-state index < -0.39 is 11.9 Å². The molecule has 1 heterocycles. The van der Waals surface area contributed by atoms with Gasteiger partial charge in [0.2, 0.25) is 0 Å². The summed E-state index contributed by atoms with van der Waals surface area (Å²) in [6.45, 7) is 2.00. The Bertz CT molecular complexity index is 578. The fraction of sp³-hybridized carbons (Fsp3) is 0.357. The van der Waals surface area contributed by atoms with Crippen LogP contribution in [0.2, 0.25) is 0 Å². The van der Waals surface area contributed by atoms with Crippen molar-refractivity contribution >= 4 is 5.97 Å². The molecule has 0 aliphatic heterocycles. The third kappa shape index (κ3) is 3.40. The summed E-state index contributed by atoms with van der Waals surface area (Å²) in [5.41, 5.74) is 2.90. The molecule has 2 aromatic rings. The molecule has 100 valence electrons. The van der Waals surface area contributed by atoms with Gasteiger partial charge in [-0.1, -0.05) is 29.5 Å². The Kier molecular flexibility index (Phi) is 3.94. The van der Waals surface area contributed by atoms with Crippen LogP contribution in [0.5, 0.6) is 0 Å². The first-order chi connectivity index (χ1) is 9.06. The summed E-state index contributed by atoms with van der Waals surface area (Å²) in [6, 6.07) is 7.86. The maximum atomic E-state index is 11.4. The zero-order chi connectivity index (χ0) is 13.8. The van der Waals surface area contributed by atoms with E-state index in [1.165, 1.54) is 0 Å². The van der Waals surface area contributed by atoms with E-state index >= 15 is 0 Å². The number of benzene rings is 1. The number of carboxylic acids is 1. The molecule has 0 saturated heterocycles. The van der Waals surface area contributed by atoms with Gasteiger partial charge in [0, 0.05) is 19.7 Å². The number of nitrogens with zero attached hydrogens (tertiary/aromatic N) is 3. The number of aromatic nitrogens is 3. The van der Waals surface area contributed by atoms with Gasteiger partial charge < -0.3 is 5.11 Å². The molecule has 5 nitrogen and oxygen atoms in total. The highest BCUT2D eigenvalue weighted by molar-refractivity contribution is 5.70. The molecule has 5 heteroatoms. The third-order valence-corrected chi connectivity index (χ3v) is 3.18. The van der Waals surface area contributed by atoms with Crippen molar-refractivity contribution in [3.63, 3.8) is 0 Å². The lowest BCUT2D eigenvalue weighted by atomic mass is 9.93. The second-order valence-corrected chi connectivity index (χ2v) is 4.75. The van der Waals surface area contributed by atoms with E-state index in [-0.39, 0.29) is 0 Å². The van der Waals surface area contributed by atoms with Gasteiger partial charge in [-0.05, 0) is 24.5 Å². The second kappa shape index (κ2) is 5.65. The normalized spacial score (nSPS) is 12.3. The molecule has 1 aromatic heterocycles. The zero-order valence-electron chi connectivity index (χ0n) is 11.1. The molecule has 0 spiro atoms. The molecule has 1 unspecified atom stereocenters. The summed E-state index contributed by atoms with van der Waals surface area (Å²) in [5.74, 6) is -1.27. The number of hydrogen-bond donors (Lipinski definition) is 1. The molecule has 0 aliphatic rings. The zero-order valence-corrected chi connectivity index (χ0v) is 11.1. The molecular weight excluding hydrogens is 242 g/mol. The van der Waals surface area contributed by atoms with Crippen molar-refractivity contribution in [3.8, 4) is 0 Å². The average molecular weight is 259 g/mol. The summed E-state index contributed by atoms with van der Waals surface area (Å²) in [6.07, 6.45) is 2.67. The van der Waals surface area contributed by atoms with E-state index in [2.05, 4.69) is 10.3 Å². The van der Waals surface area contributed by atoms with Gasteiger partial charge in [0.05, 0.1) is 11.6 Å². The Morgan fingerprint density at radius 1 is 1.37 bits per heavy atom. The monoisotopic (exact) mass is 259 g/mol. The summed E-state index contributed by atoms with van der Waals surface area (Å²) in [5, 5.41) is 17.1. The minimum absolute atomic E-state index is 0.400. The molecule has 1 aromatic carbocycles. The Balaban J connectivity index is 2.13. The summed E-state index contributed by atoms with van der Waals surface area (Å²) in [7, 11) is 1.77. The van der Waals surface area contributed by atoms with Crippen LogP contribution in [0.25, 0.3) is 0 Å². The highest BCUT2D eigenvalue weighted by Gasteiger charge is 2.20. The number of carbonyl (C=O) groups is 1. The molecular formula is C14H17N3O2. The van der Waals surface area contributed by atoms with Crippen molar-refractivity contribution in [1.82, 2.24) is 15.0 Å². The van der Waals surface area contributed by atoms with Crippen LogP contribution in [0.1, 0.15) is 16.8 Å². The highest BCUT2D eigenvalue weighted by atomic mass is 16.4. The van der Waals surface area contributed by atoms with Crippen LogP contribution >= 0.6 is 0 Å². The summed E-state index contributed by atoms with van der Waals surface area (Å²) >= 11 is 0. The van der Waals surface area contributed by atoms with Gasteiger partial charge in [-0.25, -0.2) is 0 Å². The molecule has 1 N–H and O–H groups in total. The lowest BCUT2D eigenvalue weighted by Gasteiger charge is -2.12. The Morgan fingerprint density at radius 3 is 2.68 bits per heavy atom. The van der Waals surface area contributed by atoms with Gasteiger partial charge in [0.25, 0.3) is 0 Å². The average Bonchev–Trinajstić information content (AvgIpc) is 2.76. The van der Waals surface area contributed by atoms with Crippen LogP contribution < -0.4 is 0 Å². The fourth-order valence-electron chi connectivity index (χ4n) is 2.09. The van der Waals surface area contributed by atoms with Gasteiger partial charge in [0.15, 0.2) is 0 Å². The van der Waals surface area contributed by atoms with Crippen molar-refractivity contribution < 1.29 is 9.90 Å². The molecule has 2 rings (SSSR count). The Labute approximate surface area is 111 Å². The number of rotatable bonds is 5. The van der Waals surface area contributed by atoms with Crippen LogP contribution in [0, 0.1) is 12.8 Å². The minimum Gasteiger partial charge on any atom is -0.481 e. The smallest absolute Gasteiger partial charge is 0.307 e. The van der Waals surface area contributed by atoms with Crippen LogP contribution in [0.3, 0.4) is 0 Å². The second-order valence-electron chi connectivity index (χ2n) is 4.75. The highest BCUT2D eigenvalue weighted by Crippen LogP contribution is 2.16. The molecule has 0 aliphatic carbocycles. The predicted molar refractivity (Wildman–Crippen MR) is 70.7 cm³/mol. The van der Waals surface area contributed by atoms with Gasteiger partial charge in [-0.15, -0.1) is 5.10 Å². The Morgan fingerprint density at radius 2 is 2.11 bits per heavy atom. The van der Waals surface area contributed by atoms with Crippen LogP contribution in [0.4, 0.5) is 0 Å². The summed E-state index contributed by atoms with van der Waals surface area (Å²) < 4.78 is 1.59. The minimum atomic E-state index is -0.797. The van der Waals surface area contributed by atoms with Crippen molar-refractivity contribution in [2.75, 3.05) is 0 Å². The van der Waals surface area contributed by atoms with E-state index in [4.69, 9.17) is 0 Å². The maximum Gasteiger partial charge on any atom is 0.307 e. The van der Waals surface area contributed by atoms with E-state index in [0.29, 0.717) is 18.5 Å². The SMILES string of the molecule is Cc1ccccc1CC(Cc1cn(C)nn1)C(=O)O. The van der Waals surface area contributed by atoms with E-state index in [9.17, 15) is 9.90 Å². The van der Waals surface area contributed by atoms with Gasteiger partial charge >= 0.3 is 5.97 Å². The van der Waals surface area contributed by atoms with Crippen LogP contribution in [0.15, 0.2) is 30.5 Å². The third-order valence-electron chi connectivity index (χ3n) is 3.18. The van der Waals surface area contributed by atoms with Crippen molar-refractivity contribution in [1.29, 1.82) is 0 Å². The van der Waals surface area contributed by atoms with Gasteiger partial charge in [-0.2, -0.15) is 0 Å². The molecule has 0 radical (unpaired) electrons. The number of hydrogen-bond acceptors (Lipinski definition) is 3. The standard InChI is InChI=1S/C14H17N3O2/c1-10-5-3-4-6-11(10)7-12(14(18)19)8-13-9-17(2)16-15-13/h3-6,9,12H,7-8H2,1-2H3,(H,18,19). The van der Waals surface area contributed by atoms with E-state index in [1.54, 1.807) is 17.9 Å². The lowest BCUT2D eigenvalue weighted by Crippen LogP contribution is -2.19. The van der Waals surface area contributed by atoms with Gasteiger partial charge in [0.1, 0.15) is 0 Å². The first kappa shape index (κ1) is 13.3. The molecule has 0 fully saturated rings. The van der Waals surface area contributed by atoms with Crippen molar-refractivity contribution in [3.05, 3.63) is 47.3 Å². The number of aliphatic carboxylic acids is 1. The van der Waals surface area contributed by atoms with Crippen LogP contribution in [-0.4, -0.2) is 26.1 Å². The molecule has 0 saturated carbocycles. The van der Waals surface area contributed by atoms with Crippen molar-refractivity contribution in [2.45, 2.75) is 19.8 Å². The number of aryl methyl sites for hydroxylation is 2.